The van der Waals surface area contributed by atoms with Crippen molar-refractivity contribution in [3.05, 3.63) is 59.4 Å². The third-order valence-electron chi connectivity index (χ3n) is 8.44. The normalized spacial score (nSPS) is 22.5. The standard InChI is InChI=1S/C33H39FN4O5/c1-33(2,3)43-32(41)38-27-11-10-24(17-27)29(38)31(40)37-26(19-35)16-23-9-8-22(18-28(23)34)20-4-6-21(7-5-20)30(39)36-25-12-14-42-15-13-25/h4-9,18,24-27,29H,10-17H2,1-3H3,(H,36,39)(H,37,40)/t24-,26-,27+,29-/m0/s1. The summed E-state index contributed by atoms with van der Waals surface area (Å²) in [6, 6.07) is 12.2. The lowest BCUT2D eigenvalue weighted by molar-refractivity contribution is -0.128. The zero-order valence-electron chi connectivity index (χ0n) is 24.9. The first-order chi connectivity index (χ1) is 20.5. The molecule has 9 nitrogen and oxygen atoms in total. The maximum absolute atomic E-state index is 15.2. The zero-order chi connectivity index (χ0) is 30.7. The van der Waals surface area contributed by atoms with E-state index < -0.39 is 35.5 Å². The number of hydrogen-bond donors (Lipinski definition) is 2. The van der Waals surface area contributed by atoms with Gasteiger partial charge in [0.05, 0.1) is 6.07 Å². The number of fused-ring (bicyclic) bond motifs is 2. The van der Waals surface area contributed by atoms with Gasteiger partial charge in [-0.3, -0.25) is 14.5 Å². The quantitative estimate of drug-likeness (QED) is 0.481. The van der Waals surface area contributed by atoms with Crippen LogP contribution in [0.5, 0.6) is 0 Å². The average molecular weight is 591 g/mol. The Kier molecular flexibility index (Phi) is 9.02. The summed E-state index contributed by atoms with van der Waals surface area (Å²) in [4.78, 5) is 40.4. The van der Waals surface area contributed by atoms with Crippen molar-refractivity contribution in [2.75, 3.05) is 13.2 Å². The molecule has 3 amide bonds. The number of nitriles is 1. The zero-order valence-corrected chi connectivity index (χ0v) is 24.9. The lowest BCUT2D eigenvalue weighted by atomic mass is 9.96. The minimum Gasteiger partial charge on any atom is -0.444 e. The molecule has 2 heterocycles. The first-order valence-corrected chi connectivity index (χ1v) is 15.0. The van der Waals surface area contributed by atoms with Crippen LogP contribution in [0.3, 0.4) is 0 Å². The van der Waals surface area contributed by atoms with Crippen molar-refractivity contribution in [1.82, 2.24) is 15.5 Å². The minimum absolute atomic E-state index is 0.00667. The van der Waals surface area contributed by atoms with Crippen LogP contribution >= 0.6 is 0 Å². The molecule has 228 valence electrons. The molecule has 0 spiro atoms. The maximum atomic E-state index is 15.2. The summed E-state index contributed by atoms with van der Waals surface area (Å²) in [5.41, 5.74) is 1.50. The Morgan fingerprint density at radius 2 is 1.77 bits per heavy atom. The summed E-state index contributed by atoms with van der Waals surface area (Å²) in [6.45, 7) is 6.62. The van der Waals surface area contributed by atoms with E-state index in [1.54, 1.807) is 57.2 Å². The van der Waals surface area contributed by atoms with Crippen molar-refractivity contribution in [3.63, 3.8) is 0 Å². The van der Waals surface area contributed by atoms with Crippen LogP contribution in [0.1, 0.15) is 68.8 Å². The molecule has 4 atom stereocenters. The van der Waals surface area contributed by atoms with Gasteiger partial charge in [0.25, 0.3) is 5.91 Å². The number of amides is 3. The van der Waals surface area contributed by atoms with Crippen molar-refractivity contribution in [1.29, 1.82) is 5.26 Å². The van der Waals surface area contributed by atoms with Gasteiger partial charge in [0.15, 0.2) is 0 Å². The largest absolute Gasteiger partial charge is 0.444 e. The number of benzene rings is 2. The Morgan fingerprint density at radius 3 is 2.42 bits per heavy atom. The van der Waals surface area contributed by atoms with Crippen molar-refractivity contribution in [2.45, 2.75) is 89.1 Å². The third-order valence-corrected chi connectivity index (χ3v) is 8.44. The SMILES string of the molecule is CC(C)(C)OC(=O)N1[C@@H]2CC[C@@H](C2)[C@H]1C(=O)N[C@H](C#N)Cc1ccc(-c2ccc(C(=O)NC3CCOCC3)cc2)cc1F. The number of hydrogen-bond acceptors (Lipinski definition) is 6. The number of carbonyl (C=O) groups excluding carboxylic acids is 3. The molecule has 1 aliphatic carbocycles. The molecule has 10 heteroatoms. The molecule has 0 unspecified atom stereocenters. The van der Waals surface area contributed by atoms with E-state index in [9.17, 15) is 19.6 Å². The Balaban J connectivity index is 1.21. The molecule has 3 aliphatic rings. The fourth-order valence-electron chi connectivity index (χ4n) is 6.33. The van der Waals surface area contributed by atoms with Crippen molar-refractivity contribution in [2.24, 2.45) is 5.92 Å². The second-order valence-electron chi connectivity index (χ2n) is 12.7. The number of halogens is 1. The minimum atomic E-state index is -0.971. The van der Waals surface area contributed by atoms with Gasteiger partial charge in [-0.2, -0.15) is 5.26 Å². The molecule has 43 heavy (non-hydrogen) atoms. The Hall–Kier alpha value is -3.97. The number of ether oxygens (including phenoxy) is 2. The third kappa shape index (κ3) is 7.16. The number of rotatable bonds is 7. The first-order valence-electron chi connectivity index (χ1n) is 15.0. The Labute approximate surface area is 251 Å². The van der Waals surface area contributed by atoms with Gasteiger partial charge in [0.1, 0.15) is 23.5 Å². The predicted molar refractivity (Wildman–Crippen MR) is 157 cm³/mol. The highest BCUT2D eigenvalue weighted by Gasteiger charge is 2.52. The summed E-state index contributed by atoms with van der Waals surface area (Å²) in [5.74, 6) is -1.05. The summed E-state index contributed by atoms with van der Waals surface area (Å²) in [6.07, 6.45) is 3.41. The van der Waals surface area contributed by atoms with E-state index >= 15 is 4.39 Å². The molecule has 2 aromatic rings. The number of carbonyl (C=O) groups is 3. The van der Waals surface area contributed by atoms with Crippen LogP contribution in [-0.4, -0.2) is 65.8 Å². The van der Waals surface area contributed by atoms with Crippen molar-refractivity contribution >= 4 is 17.9 Å². The van der Waals surface area contributed by atoms with Gasteiger partial charge in [-0.25, -0.2) is 9.18 Å². The molecule has 2 N–H and O–H groups in total. The lowest BCUT2D eigenvalue weighted by Crippen LogP contribution is -2.55. The number of piperidine rings is 1. The molecule has 2 bridgehead atoms. The van der Waals surface area contributed by atoms with Gasteiger partial charge in [0.2, 0.25) is 5.91 Å². The van der Waals surface area contributed by atoms with E-state index in [0.717, 1.165) is 37.7 Å². The summed E-state index contributed by atoms with van der Waals surface area (Å²) >= 11 is 0. The van der Waals surface area contributed by atoms with Gasteiger partial charge in [-0.15, -0.1) is 0 Å². The molecular formula is C33H39FN4O5. The number of likely N-dealkylation sites (tertiary alicyclic amines) is 1. The van der Waals surface area contributed by atoms with Gasteiger partial charge in [-0.1, -0.05) is 24.3 Å². The van der Waals surface area contributed by atoms with Gasteiger partial charge < -0.3 is 20.1 Å². The highest BCUT2D eigenvalue weighted by Crippen LogP contribution is 2.43. The van der Waals surface area contributed by atoms with Crippen LogP contribution < -0.4 is 10.6 Å². The van der Waals surface area contributed by atoms with Crippen LogP contribution in [0.15, 0.2) is 42.5 Å². The number of nitrogens with one attached hydrogen (secondary N) is 2. The maximum Gasteiger partial charge on any atom is 0.411 e. The van der Waals surface area contributed by atoms with Crippen molar-refractivity contribution in [3.8, 4) is 17.2 Å². The Bertz CT molecular complexity index is 1390. The second-order valence-corrected chi connectivity index (χ2v) is 12.7. The topological polar surface area (TPSA) is 121 Å². The molecule has 0 radical (unpaired) electrons. The molecular weight excluding hydrogens is 551 g/mol. The molecule has 2 aliphatic heterocycles. The average Bonchev–Trinajstić information content (AvgIpc) is 3.60. The fraction of sp³-hybridized carbons (Fsp3) is 0.515. The van der Waals surface area contributed by atoms with Crippen LogP contribution in [-0.2, 0) is 20.7 Å². The lowest BCUT2D eigenvalue weighted by Gasteiger charge is -2.35. The second kappa shape index (κ2) is 12.7. The van der Waals surface area contributed by atoms with E-state index in [2.05, 4.69) is 16.7 Å². The van der Waals surface area contributed by atoms with Gasteiger partial charge >= 0.3 is 6.09 Å². The van der Waals surface area contributed by atoms with Crippen LogP contribution in [0.25, 0.3) is 11.1 Å². The molecule has 0 aromatic heterocycles. The van der Waals surface area contributed by atoms with Crippen molar-refractivity contribution < 1.29 is 28.2 Å². The smallest absolute Gasteiger partial charge is 0.411 e. The fourth-order valence-corrected chi connectivity index (χ4v) is 6.33. The molecule has 3 fully saturated rings. The van der Waals surface area contributed by atoms with Gasteiger partial charge in [0, 0.05) is 37.3 Å². The molecule has 2 saturated heterocycles. The van der Waals surface area contributed by atoms with E-state index in [0.29, 0.717) is 29.9 Å². The summed E-state index contributed by atoms with van der Waals surface area (Å²) < 4.78 is 26.1. The van der Waals surface area contributed by atoms with E-state index in [1.807, 2.05) is 0 Å². The highest BCUT2D eigenvalue weighted by molar-refractivity contribution is 5.95. The highest BCUT2D eigenvalue weighted by atomic mass is 19.1. The predicted octanol–water partition coefficient (Wildman–Crippen LogP) is 4.74. The van der Waals surface area contributed by atoms with Crippen LogP contribution in [0, 0.1) is 23.1 Å². The van der Waals surface area contributed by atoms with Gasteiger partial charge in [-0.05, 0) is 93.7 Å². The summed E-state index contributed by atoms with van der Waals surface area (Å²) in [7, 11) is 0. The van der Waals surface area contributed by atoms with E-state index in [1.165, 1.54) is 11.0 Å². The molecule has 5 rings (SSSR count). The summed E-state index contributed by atoms with van der Waals surface area (Å²) in [5, 5.41) is 15.6. The first kappa shape index (κ1) is 30.5. The molecule has 1 saturated carbocycles. The van der Waals surface area contributed by atoms with Crippen LogP contribution in [0.2, 0.25) is 0 Å². The Morgan fingerprint density at radius 1 is 1.07 bits per heavy atom. The molecule has 2 aromatic carbocycles. The van der Waals surface area contributed by atoms with Crippen LogP contribution in [0.4, 0.5) is 9.18 Å². The van der Waals surface area contributed by atoms with E-state index in [4.69, 9.17) is 9.47 Å². The van der Waals surface area contributed by atoms with E-state index in [-0.39, 0.29) is 30.3 Å². The number of nitrogens with zero attached hydrogens (tertiary/aromatic N) is 2. The monoisotopic (exact) mass is 590 g/mol.